The molecule has 6 nitrogen and oxygen atoms in total. The fraction of sp³-hybridized carbons (Fsp3) is 0.316. The molecule has 0 N–H and O–H groups in total. The minimum atomic E-state index is -0.0776. The van der Waals surface area contributed by atoms with Gasteiger partial charge in [0, 0.05) is 30.6 Å². The van der Waals surface area contributed by atoms with Crippen LogP contribution < -0.4 is 0 Å². The molecular formula is C19H20N4O2S. The minimum Gasteiger partial charge on any atom is -0.292 e. The summed E-state index contributed by atoms with van der Waals surface area (Å²) in [4.78, 5) is 33.0. The van der Waals surface area contributed by atoms with Crippen LogP contribution in [0.3, 0.4) is 0 Å². The van der Waals surface area contributed by atoms with Gasteiger partial charge in [-0.05, 0) is 30.0 Å². The lowest BCUT2D eigenvalue weighted by atomic mass is 10.0. The number of thiazole rings is 1. The molecule has 3 rings (SSSR count). The van der Waals surface area contributed by atoms with Crippen molar-refractivity contribution < 1.29 is 9.59 Å². The highest BCUT2D eigenvalue weighted by Gasteiger charge is 2.14. The fourth-order valence-electron chi connectivity index (χ4n) is 2.53. The molecule has 0 bridgehead atoms. The predicted octanol–water partition coefficient (Wildman–Crippen LogP) is 3.77. The highest BCUT2D eigenvalue weighted by Crippen LogP contribution is 2.14. The Balaban J connectivity index is 1.62. The molecule has 26 heavy (non-hydrogen) atoms. The molecule has 0 fully saturated rings. The van der Waals surface area contributed by atoms with Crippen molar-refractivity contribution in [2.24, 2.45) is 5.92 Å². The van der Waals surface area contributed by atoms with Gasteiger partial charge in [0.15, 0.2) is 11.6 Å². The Kier molecular flexibility index (Phi) is 5.68. The molecule has 0 atom stereocenters. The summed E-state index contributed by atoms with van der Waals surface area (Å²) >= 11 is 1.50. The lowest BCUT2D eigenvalue weighted by molar-refractivity contribution is 0.0962. The zero-order valence-electron chi connectivity index (χ0n) is 14.8. The van der Waals surface area contributed by atoms with Crippen molar-refractivity contribution in [2.75, 3.05) is 0 Å². The maximum Gasteiger partial charge on any atom is 0.210 e. The zero-order chi connectivity index (χ0) is 18.5. The maximum absolute atomic E-state index is 12.4. The van der Waals surface area contributed by atoms with Gasteiger partial charge in [0.2, 0.25) is 5.13 Å². The van der Waals surface area contributed by atoms with Crippen molar-refractivity contribution in [3.8, 4) is 5.13 Å². The van der Waals surface area contributed by atoms with E-state index < -0.39 is 0 Å². The largest absolute Gasteiger partial charge is 0.292 e. The summed E-state index contributed by atoms with van der Waals surface area (Å²) in [6.07, 6.45) is 6.66. The van der Waals surface area contributed by atoms with E-state index in [4.69, 9.17) is 0 Å². The van der Waals surface area contributed by atoms with E-state index in [0.29, 0.717) is 30.7 Å². The van der Waals surface area contributed by atoms with Gasteiger partial charge in [-0.3, -0.25) is 9.59 Å². The molecule has 0 saturated heterocycles. The van der Waals surface area contributed by atoms with Gasteiger partial charge in [0.25, 0.3) is 0 Å². The highest BCUT2D eigenvalue weighted by molar-refractivity contribution is 7.12. The Bertz CT molecular complexity index is 900. The van der Waals surface area contributed by atoms with Crippen molar-refractivity contribution in [3.63, 3.8) is 0 Å². The van der Waals surface area contributed by atoms with E-state index in [-0.39, 0.29) is 17.5 Å². The first-order chi connectivity index (χ1) is 12.5. The van der Waals surface area contributed by atoms with Gasteiger partial charge in [-0.2, -0.15) is 5.10 Å². The number of ketones is 2. The smallest absolute Gasteiger partial charge is 0.210 e. The van der Waals surface area contributed by atoms with Crippen molar-refractivity contribution in [2.45, 2.75) is 33.1 Å². The van der Waals surface area contributed by atoms with Gasteiger partial charge in [0.1, 0.15) is 11.4 Å². The van der Waals surface area contributed by atoms with Crippen molar-refractivity contribution in [1.82, 2.24) is 19.7 Å². The Morgan fingerprint density at radius 3 is 2.65 bits per heavy atom. The second-order valence-electron chi connectivity index (χ2n) is 6.46. The van der Waals surface area contributed by atoms with Gasteiger partial charge >= 0.3 is 0 Å². The van der Waals surface area contributed by atoms with E-state index >= 15 is 0 Å². The van der Waals surface area contributed by atoms with Crippen molar-refractivity contribution in [1.29, 1.82) is 0 Å². The minimum absolute atomic E-state index is 0.0284. The van der Waals surface area contributed by atoms with Crippen LogP contribution in [0.15, 0.2) is 42.2 Å². The molecule has 0 aliphatic heterocycles. The third-order valence-electron chi connectivity index (χ3n) is 3.81. The molecule has 7 heteroatoms. The molecule has 3 aromatic rings. The standard InChI is InChI=1S/C19H20N4O2S/c1-13(2)10-18(25)16-5-3-4-15(22-16)17(24)7-6-14-11-21-23(12-14)19-20-8-9-26-19/h3-5,8-9,11-13H,6-7,10H2,1-2H3. The van der Waals surface area contributed by atoms with Crippen LogP contribution in [0.4, 0.5) is 0 Å². The van der Waals surface area contributed by atoms with Crippen LogP contribution in [-0.2, 0) is 6.42 Å². The second kappa shape index (κ2) is 8.14. The third-order valence-corrected chi connectivity index (χ3v) is 4.57. The van der Waals surface area contributed by atoms with Crippen LogP contribution in [-0.4, -0.2) is 31.3 Å². The Hall–Kier alpha value is -2.67. The van der Waals surface area contributed by atoms with Crippen molar-refractivity contribution >= 4 is 22.9 Å². The number of carbonyl (C=O) groups excluding carboxylic acids is 2. The predicted molar refractivity (Wildman–Crippen MR) is 99.9 cm³/mol. The van der Waals surface area contributed by atoms with Crippen molar-refractivity contribution in [3.05, 3.63) is 59.1 Å². The molecule has 0 amide bonds. The van der Waals surface area contributed by atoms with E-state index in [2.05, 4.69) is 15.1 Å². The number of pyridine rings is 1. The van der Waals surface area contributed by atoms with Crippen LogP contribution >= 0.6 is 11.3 Å². The van der Waals surface area contributed by atoms with Crippen LogP contribution in [0.2, 0.25) is 0 Å². The Morgan fingerprint density at radius 1 is 1.19 bits per heavy atom. The molecule has 0 aliphatic carbocycles. The fourth-order valence-corrected chi connectivity index (χ4v) is 3.10. The monoisotopic (exact) mass is 368 g/mol. The molecule has 0 aliphatic rings. The average molecular weight is 368 g/mol. The summed E-state index contributed by atoms with van der Waals surface area (Å²) in [6.45, 7) is 3.97. The summed E-state index contributed by atoms with van der Waals surface area (Å²) in [5, 5.41) is 6.95. The van der Waals surface area contributed by atoms with E-state index in [1.54, 1.807) is 35.3 Å². The first-order valence-corrected chi connectivity index (χ1v) is 9.38. The lowest BCUT2D eigenvalue weighted by Gasteiger charge is -2.05. The molecule has 3 heterocycles. The molecule has 134 valence electrons. The Morgan fingerprint density at radius 2 is 1.96 bits per heavy atom. The zero-order valence-corrected chi connectivity index (χ0v) is 15.6. The third kappa shape index (κ3) is 4.49. The number of aromatic nitrogens is 4. The quantitative estimate of drug-likeness (QED) is 0.566. The molecule has 0 spiro atoms. The van der Waals surface area contributed by atoms with Gasteiger partial charge in [0.05, 0.1) is 6.20 Å². The van der Waals surface area contributed by atoms with E-state index in [1.807, 2.05) is 25.4 Å². The molecule has 0 radical (unpaired) electrons. The lowest BCUT2D eigenvalue weighted by Crippen LogP contribution is -2.10. The molecule has 0 saturated carbocycles. The number of hydrogen-bond donors (Lipinski definition) is 0. The summed E-state index contributed by atoms with van der Waals surface area (Å²) in [5.74, 6) is 0.156. The number of rotatable bonds is 8. The highest BCUT2D eigenvalue weighted by atomic mass is 32.1. The topological polar surface area (TPSA) is 77.7 Å². The average Bonchev–Trinajstić information content (AvgIpc) is 3.30. The normalized spacial score (nSPS) is 11.0. The van der Waals surface area contributed by atoms with Crippen LogP contribution in [0.5, 0.6) is 0 Å². The number of hydrogen-bond acceptors (Lipinski definition) is 6. The van der Waals surface area contributed by atoms with Crippen LogP contribution in [0, 0.1) is 5.92 Å². The van der Waals surface area contributed by atoms with Gasteiger partial charge < -0.3 is 0 Å². The second-order valence-corrected chi connectivity index (χ2v) is 7.33. The molecule has 0 unspecified atom stereocenters. The first kappa shape index (κ1) is 18.1. The number of carbonyl (C=O) groups is 2. The van der Waals surface area contributed by atoms with Gasteiger partial charge in [-0.25, -0.2) is 14.6 Å². The molecule has 0 aromatic carbocycles. The van der Waals surface area contributed by atoms with E-state index in [9.17, 15) is 9.59 Å². The Labute approximate surface area is 155 Å². The molecular weight excluding hydrogens is 348 g/mol. The first-order valence-electron chi connectivity index (χ1n) is 8.50. The summed E-state index contributed by atoms with van der Waals surface area (Å²) in [7, 11) is 0. The summed E-state index contributed by atoms with van der Waals surface area (Å²) in [6, 6.07) is 5.04. The maximum atomic E-state index is 12.4. The summed E-state index contributed by atoms with van der Waals surface area (Å²) < 4.78 is 1.70. The SMILES string of the molecule is CC(C)CC(=O)c1cccc(C(=O)CCc2cnn(-c3nccs3)c2)n1. The number of Topliss-reactive ketones (excluding diaryl/α,β-unsaturated/α-hetero) is 2. The van der Waals surface area contributed by atoms with Gasteiger partial charge in [-0.15, -0.1) is 11.3 Å². The van der Waals surface area contributed by atoms with Crippen LogP contribution in [0.1, 0.15) is 53.2 Å². The van der Waals surface area contributed by atoms with Crippen LogP contribution in [0.25, 0.3) is 5.13 Å². The summed E-state index contributed by atoms with van der Waals surface area (Å²) in [5.41, 5.74) is 1.66. The number of aryl methyl sites for hydroxylation is 1. The van der Waals surface area contributed by atoms with E-state index in [1.165, 1.54) is 11.3 Å². The molecule has 3 aromatic heterocycles. The number of nitrogens with zero attached hydrogens (tertiary/aromatic N) is 4. The van der Waals surface area contributed by atoms with Gasteiger partial charge in [-0.1, -0.05) is 19.9 Å². The van der Waals surface area contributed by atoms with E-state index in [0.717, 1.165) is 10.7 Å².